The van der Waals surface area contributed by atoms with Gasteiger partial charge in [0.15, 0.2) is 5.82 Å². The lowest BCUT2D eigenvalue weighted by Crippen LogP contribution is -2.27. The molecule has 0 fully saturated rings. The van der Waals surface area contributed by atoms with E-state index in [4.69, 9.17) is 4.98 Å². The van der Waals surface area contributed by atoms with Gasteiger partial charge in [0.25, 0.3) is 0 Å². The van der Waals surface area contributed by atoms with Gasteiger partial charge in [-0.1, -0.05) is 31.5 Å². The highest BCUT2D eigenvalue weighted by molar-refractivity contribution is 5.68. The molecule has 0 saturated carbocycles. The number of unbranched alkanes of at least 4 members (excludes halogenated alkanes) is 1. The highest BCUT2D eigenvalue weighted by Crippen LogP contribution is 2.36. The van der Waals surface area contributed by atoms with Crippen LogP contribution in [0.2, 0.25) is 0 Å². The zero-order chi connectivity index (χ0) is 15.5. The second-order valence-corrected chi connectivity index (χ2v) is 5.94. The Morgan fingerprint density at radius 2 is 2.14 bits per heavy atom. The van der Waals surface area contributed by atoms with E-state index >= 15 is 0 Å². The Balaban J connectivity index is 1.89. The molecule has 2 aromatic rings. The molecule has 1 aliphatic rings. The molecule has 1 unspecified atom stereocenters. The molecule has 5 nitrogen and oxygen atoms in total. The predicted molar refractivity (Wildman–Crippen MR) is 89.8 cm³/mol. The number of anilines is 3. The SMILES string of the molecule is CCCCN(C)c1nncc(N2c3ccccc3CC2C)n1. The molecule has 1 aromatic carbocycles. The Kier molecular flexibility index (Phi) is 4.22. The van der Waals surface area contributed by atoms with E-state index in [1.54, 1.807) is 6.20 Å². The second kappa shape index (κ2) is 6.30. The van der Waals surface area contributed by atoms with Crippen molar-refractivity contribution in [1.82, 2.24) is 15.2 Å². The third kappa shape index (κ3) is 2.75. The van der Waals surface area contributed by atoms with Crippen LogP contribution in [0.25, 0.3) is 0 Å². The van der Waals surface area contributed by atoms with Crippen molar-refractivity contribution >= 4 is 17.5 Å². The molecule has 0 radical (unpaired) electrons. The lowest BCUT2D eigenvalue weighted by molar-refractivity contribution is 0.722. The Morgan fingerprint density at radius 1 is 1.32 bits per heavy atom. The zero-order valence-electron chi connectivity index (χ0n) is 13.5. The summed E-state index contributed by atoms with van der Waals surface area (Å²) in [4.78, 5) is 9.08. The molecule has 116 valence electrons. The number of rotatable bonds is 5. The first-order chi connectivity index (χ1) is 10.7. The van der Waals surface area contributed by atoms with E-state index in [0.717, 1.165) is 31.6 Å². The maximum absolute atomic E-state index is 4.74. The van der Waals surface area contributed by atoms with Gasteiger partial charge in [-0.15, -0.1) is 5.10 Å². The molecule has 22 heavy (non-hydrogen) atoms. The van der Waals surface area contributed by atoms with E-state index in [1.807, 2.05) is 7.05 Å². The van der Waals surface area contributed by atoms with Gasteiger partial charge in [0.1, 0.15) is 0 Å². The Morgan fingerprint density at radius 3 is 2.95 bits per heavy atom. The molecule has 2 heterocycles. The topological polar surface area (TPSA) is 45.2 Å². The number of fused-ring (bicyclic) bond motifs is 1. The van der Waals surface area contributed by atoms with Crippen molar-refractivity contribution in [2.24, 2.45) is 0 Å². The first-order valence-corrected chi connectivity index (χ1v) is 7.98. The fourth-order valence-corrected chi connectivity index (χ4v) is 2.97. The average Bonchev–Trinajstić information content (AvgIpc) is 2.88. The van der Waals surface area contributed by atoms with Gasteiger partial charge in [0.2, 0.25) is 5.95 Å². The molecule has 0 spiro atoms. The van der Waals surface area contributed by atoms with Crippen molar-refractivity contribution in [3.63, 3.8) is 0 Å². The quantitative estimate of drug-likeness (QED) is 0.848. The molecule has 0 saturated heterocycles. The molecule has 0 amide bonds. The highest BCUT2D eigenvalue weighted by atomic mass is 15.3. The molecule has 5 heteroatoms. The summed E-state index contributed by atoms with van der Waals surface area (Å²) in [5.41, 5.74) is 2.60. The first-order valence-electron chi connectivity index (χ1n) is 7.98. The normalized spacial score (nSPS) is 16.7. The van der Waals surface area contributed by atoms with Crippen LogP contribution < -0.4 is 9.80 Å². The van der Waals surface area contributed by atoms with Gasteiger partial charge in [-0.2, -0.15) is 10.1 Å². The van der Waals surface area contributed by atoms with Gasteiger partial charge in [-0.25, -0.2) is 0 Å². The molecule has 1 aliphatic heterocycles. The van der Waals surface area contributed by atoms with Crippen LogP contribution in [0, 0.1) is 0 Å². The Labute approximate surface area is 132 Å². The number of hydrogen-bond donors (Lipinski definition) is 0. The first kappa shape index (κ1) is 14.8. The third-order valence-corrected chi connectivity index (χ3v) is 4.18. The van der Waals surface area contributed by atoms with Crippen LogP contribution in [0.3, 0.4) is 0 Å². The summed E-state index contributed by atoms with van der Waals surface area (Å²) in [6.07, 6.45) is 5.10. The Bertz CT molecular complexity index is 642. The summed E-state index contributed by atoms with van der Waals surface area (Å²) in [7, 11) is 2.03. The van der Waals surface area contributed by atoms with Gasteiger partial charge in [-0.3, -0.25) is 0 Å². The number of hydrogen-bond acceptors (Lipinski definition) is 5. The van der Waals surface area contributed by atoms with E-state index in [1.165, 1.54) is 11.3 Å². The standard InChI is InChI=1S/C17H23N5/c1-4-5-10-21(3)17-19-16(12-18-20-17)22-13(2)11-14-8-6-7-9-15(14)22/h6-9,12-13H,4-5,10-11H2,1-3H3. The monoisotopic (exact) mass is 297 g/mol. The van der Waals surface area contributed by atoms with E-state index in [-0.39, 0.29) is 0 Å². The lowest BCUT2D eigenvalue weighted by Gasteiger charge is -2.24. The molecule has 3 rings (SSSR count). The van der Waals surface area contributed by atoms with Gasteiger partial charge in [0, 0.05) is 25.3 Å². The van der Waals surface area contributed by atoms with Crippen LogP contribution in [0.1, 0.15) is 32.3 Å². The molecule has 1 aromatic heterocycles. The fourth-order valence-electron chi connectivity index (χ4n) is 2.97. The van der Waals surface area contributed by atoms with Crippen molar-refractivity contribution in [2.45, 2.75) is 39.2 Å². The fraction of sp³-hybridized carbons (Fsp3) is 0.471. The number of benzene rings is 1. The molecule has 0 bridgehead atoms. The maximum Gasteiger partial charge on any atom is 0.247 e. The third-order valence-electron chi connectivity index (χ3n) is 4.18. The minimum absolute atomic E-state index is 0.392. The maximum atomic E-state index is 4.74. The van der Waals surface area contributed by atoms with Crippen LogP contribution >= 0.6 is 0 Å². The van der Waals surface area contributed by atoms with Crippen LogP contribution in [-0.2, 0) is 6.42 Å². The van der Waals surface area contributed by atoms with Crippen LogP contribution in [0.15, 0.2) is 30.5 Å². The predicted octanol–water partition coefficient (Wildman–Crippen LogP) is 3.19. The van der Waals surface area contributed by atoms with Crippen molar-refractivity contribution < 1.29 is 0 Å². The van der Waals surface area contributed by atoms with E-state index in [9.17, 15) is 0 Å². The summed E-state index contributed by atoms with van der Waals surface area (Å²) in [6, 6.07) is 8.91. The average molecular weight is 297 g/mol. The van der Waals surface area contributed by atoms with Crippen molar-refractivity contribution in [1.29, 1.82) is 0 Å². The molecular weight excluding hydrogens is 274 g/mol. The van der Waals surface area contributed by atoms with Gasteiger partial charge in [0.05, 0.1) is 6.20 Å². The lowest BCUT2D eigenvalue weighted by atomic mass is 10.1. The van der Waals surface area contributed by atoms with Gasteiger partial charge in [-0.05, 0) is 31.4 Å². The largest absolute Gasteiger partial charge is 0.343 e. The smallest absolute Gasteiger partial charge is 0.247 e. The van der Waals surface area contributed by atoms with E-state index in [0.29, 0.717) is 12.0 Å². The summed E-state index contributed by atoms with van der Waals surface area (Å²) in [5, 5.41) is 8.35. The Hall–Kier alpha value is -2.17. The van der Waals surface area contributed by atoms with Gasteiger partial charge < -0.3 is 9.80 Å². The minimum Gasteiger partial charge on any atom is -0.343 e. The highest BCUT2D eigenvalue weighted by Gasteiger charge is 2.28. The van der Waals surface area contributed by atoms with E-state index < -0.39 is 0 Å². The number of para-hydroxylation sites is 1. The van der Waals surface area contributed by atoms with Crippen molar-refractivity contribution in [3.8, 4) is 0 Å². The second-order valence-electron chi connectivity index (χ2n) is 5.94. The van der Waals surface area contributed by atoms with Crippen LogP contribution in [0.5, 0.6) is 0 Å². The number of aromatic nitrogens is 3. The summed E-state index contributed by atoms with van der Waals surface area (Å²) < 4.78 is 0. The number of nitrogens with zero attached hydrogens (tertiary/aromatic N) is 5. The summed E-state index contributed by atoms with van der Waals surface area (Å²) >= 11 is 0. The van der Waals surface area contributed by atoms with Crippen LogP contribution in [-0.4, -0.2) is 34.8 Å². The molecule has 0 N–H and O–H groups in total. The van der Waals surface area contributed by atoms with Crippen molar-refractivity contribution in [3.05, 3.63) is 36.0 Å². The van der Waals surface area contributed by atoms with Gasteiger partial charge >= 0.3 is 0 Å². The summed E-state index contributed by atoms with van der Waals surface area (Å²) in [6.45, 7) is 5.36. The van der Waals surface area contributed by atoms with E-state index in [2.05, 4.69) is 58.1 Å². The summed E-state index contributed by atoms with van der Waals surface area (Å²) in [5.74, 6) is 1.58. The van der Waals surface area contributed by atoms with Crippen molar-refractivity contribution in [2.75, 3.05) is 23.4 Å². The molecular formula is C17H23N5. The minimum atomic E-state index is 0.392. The zero-order valence-corrected chi connectivity index (χ0v) is 13.5. The molecule has 0 aliphatic carbocycles. The molecule has 1 atom stereocenters. The van der Waals surface area contributed by atoms with Crippen LogP contribution in [0.4, 0.5) is 17.5 Å².